The van der Waals surface area contributed by atoms with Crippen LogP contribution in [0.3, 0.4) is 0 Å². The summed E-state index contributed by atoms with van der Waals surface area (Å²) >= 11 is 0. The monoisotopic (exact) mass is 317 g/mol. The molecule has 124 valence electrons. The average molecular weight is 317 g/mol. The number of carbonyl (C=O) groups excluding carboxylic acids is 2. The van der Waals surface area contributed by atoms with Gasteiger partial charge in [0, 0.05) is 5.69 Å². The molecule has 2 N–H and O–H groups in total. The van der Waals surface area contributed by atoms with Gasteiger partial charge >= 0.3 is 5.97 Å². The molecule has 0 spiro atoms. The summed E-state index contributed by atoms with van der Waals surface area (Å²) in [5, 5.41) is 14.9. The highest BCUT2D eigenvalue weighted by Crippen LogP contribution is 2.15. The van der Waals surface area contributed by atoms with Crippen molar-refractivity contribution in [3.8, 4) is 6.07 Å². The van der Waals surface area contributed by atoms with Crippen molar-refractivity contribution in [3.05, 3.63) is 29.8 Å². The third-order valence-corrected chi connectivity index (χ3v) is 3.64. The largest absolute Gasteiger partial charge is 0.462 e. The first kappa shape index (κ1) is 18.5. The first-order valence-electron chi connectivity index (χ1n) is 7.55. The van der Waals surface area contributed by atoms with Crippen LogP contribution < -0.4 is 10.6 Å². The van der Waals surface area contributed by atoms with Crippen LogP contribution in [-0.2, 0) is 9.53 Å². The van der Waals surface area contributed by atoms with Crippen LogP contribution in [0.25, 0.3) is 0 Å². The maximum absolute atomic E-state index is 12.0. The van der Waals surface area contributed by atoms with Crippen LogP contribution in [0.15, 0.2) is 24.3 Å². The lowest BCUT2D eigenvalue weighted by atomic mass is 9.90. The summed E-state index contributed by atoms with van der Waals surface area (Å²) in [6, 6.07) is 8.79. The number of nitrogens with zero attached hydrogens (tertiary/aromatic N) is 1. The van der Waals surface area contributed by atoms with E-state index in [0.29, 0.717) is 17.9 Å². The molecule has 1 rings (SSSR count). The summed E-state index contributed by atoms with van der Waals surface area (Å²) in [4.78, 5) is 23.5. The molecule has 1 aromatic rings. The van der Waals surface area contributed by atoms with Gasteiger partial charge in [-0.3, -0.25) is 4.79 Å². The van der Waals surface area contributed by atoms with Gasteiger partial charge in [0.25, 0.3) is 0 Å². The van der Waals surface area contributed by atoms with Crippen molar-refractivity contribution in [3.63, 3.8) is 0 Å². The van der Waals surface area contributed by atoms with Crippen molar-refractivity contribution in [2.75, 3.05) is 18.5 Å². The lowest BCUT2D eigenvalue weighted by Crippen LogP contribution is -2.50. The molecule has 6 heteroatoms. The lowest BCUT2D eigenvalue weighted by molar-refractivity contribution is -0.121. The van der Waals surface area contributed by atoms with E-state index in [1.165, 1.54) is 0 Å². The molecule has 0 saturated heterocycles. The van der Waals surface area contributed by atoms with Crippen molar-refractivity contribution in [1.82, 2.24) is 5.32 Å². The molecule has 0 saturated carbocycles. The highest BCUT2D eigenvalue weighted by Gasteiger charge is 2.29. The number of rotatable bonds is 7. The van der Waals surface area contributed by atoms with Gasteiger partial charge in [-0.1, -0.05) is 13.8 Å². The summed E-state index contributed by atoms with van der Waals surface area (Å²) in [7, 11) is 0. The molecule has 23 heavy (non-hydrogen) atoms. The number of amides is 1. The fourth-order valence-corrected chi connectivity index (χ4v) is 1.76. The quantitative estimate of drug-likeness (QED) is 0.753. The predicted molar refractivity (Wildman–Crippen MR) is 87.9 cm³/mol. The van der Waals surface area contributed by atoms with Gasteiger partial charge in [-0.2, -0.15) is 5.26 Å². The van der Waals surface area contributed by atoms with Crippen LogP contribution in [0, 0.1) is 17.2 Å². The Labute approximate surface area is 136 Å². The van der Waals surface area contributed by atoms with E-state index in [1.54, 1.807) is 38.1 Å². The third-order valence-electron chi connectivity index (χ3n) is 3.64. The van der Waals surface area contributed by atoms with Crippen molar-refractivity contribution in [2.45, 2.75) is 33.2 Å². The zero-order valence-corrected chi connectivity index (χ0v) is 14.0. The van der Waals surface area contributed by atoms with E-state index in [4.69, 9.17) is 4.74 Å². The topological polar surface area (TPSA) is 91.2 Å². The molecule has 0 heterocycles. The van der Waals surface area contributed by atoms with E-state index < -0.39 is 5.54 Å². The predicted octanol–water partition coefficient (Wildman–Crippen LogP) is 2.33. The molecule has 0 bridgehead atoms. The summed E-state index contributed by atoms with van der Waals surface area (Å²) in [6.07, 6.45) is 0. The van der Waals surface area contributed by atoms with Crippen LogP contribution in [0.4, 0.5) is 5.69 Å². The second-order valence-electron chi connectivity index (χ2n) is 5.67. The van der Waals surface area contributed by atoms with Crippen LogP contribution in [0.5, 0.6) is 0 Å². The number of esters is 1. The molecule has 6 nitrogen and oxygen atoms in total. The number of hydrogen-bond acceptors (Lipinski definition) is 5. The molecular weight excluding hydrogens is 294 g/mol. The lowest BCUT2D eigenvalue weighted by Gasteiger charge is -2.27. The Morgan fingerprint density at radius 2 is 1.91 bits per heavy atom. The van der Waals surface area contributed by atoms with Crippen molar-refractivity contribution >= 4 is 17.6 Å². The van der Waals surface area contributed by atoms with E-state index in [0.717, 1.165) is 0 Å². The minimum absolute atomic E-state index is 0.000288. The minimum Gasteiger partial charge on any atom is -0.462 e. The molecule has 0 aliphatic heterocycles. The van der Waals surface area contributed by atoms with Crippen molar-refractivity contribution < 1.29 is 14.3 Å². The summed E-state index contributed by atoms with van der Waals surface area (Å²) in [5.74, 6) is -0.643. The van der Waals surface area contributed by atoms with Gasteiger partial charge in [-0.05, 0) is 44.0 Å². The average Bonchev–Trinajstić information content (AvgIpc) is 2.53. The fourth-order valence-electron chi connectivity index (χ4n) is 1.76. The number of nitriles is 1. The van der Waals surface area contributed by atoms with Gasteiger partial charge in [0.05, 0.1) is 24.8 Å². The zero-order valence-electron chi connectivity index (χ0n) is 14.0. The Balaban J connectivity index is 2.57. The standard InChI is InChI=1S/C17H23N3O3/c1-5-23-16(22)13-6-8-14(9-7-13)19-10-15(21)20-17(4,11-18)12(2)3/h6-9,12,19H,5,10H2,1-4H3,(H,20,21). The van der Waals surface area contributed by atoms with Gasteiger partial charge in [0.2, 0.25) is 5.91 Å². The highest BCUT2D eigenvalue weighted by molar-refractivity contribution is 5.90. The highest BCUT2D eigenvalue weighted by atomic mass is 16.5. The number of ether oxygens (including phenoxy) is 1. The Hall–Kier alpha value is -2.55. The number of carbonyl (C=O) groups is 2. The molecular formula is C17H23N3O3. The van der Waals surface area contributed by atoms with Gasteiger partial charge in [-0.15, -0.1) is 0 Å². The van der Waals surface area contributed by atoms with Gasteiger partial charge in [0.15, 0.2) is 0 Å². The fraction of sp³-hybridized carbons (Fsp3) is 0.471. The molecule has 1 atom stereocenters. The number of benzene rings is 1. The Bertz CT molecular complexity index is 590. The van der Waals surface area contributed by atoms with E-state index in [2.05, 4.69) is 16.7 Å². The molecule has 0 aliphatic rings. The summed E-state index contributed by atoms with van der Waals surface area (Å²) in [6.45, 7) is 7.58. The third kappa shape index (κ3) is 5.29. The maximum Gasteiger partial charge on any atom is 0.338 e. The molecule has 0 radical (unpaired) electrons. The van der Waals surface area contributed by atoms with Crippen LogP contribution >= 0.6 is 0 Å². The van der Waals surface area contributed by atoms with E-state index in [9.17, 15) is 14.9 Å². The van der Waals surface area contributed by atoms with Crippen LogP contribution in [0.2, 0.25) is 0 Å². The first-order valence-corrected chi connectivity index (χ1v) is 7.55. The van der Waals surface area contributed by atoms with Crippen LogP contribution in [0.1, 0.15) is 38.1 Å². The van der Waals surface area contributed by atoms with Crippen LogP contribution in [-0.4, -0.2) is 30.6 Å². The van der Waals surface area contributed by atoms with E-state index in [1.807, 2.05) is 13.8 Å². The minimum atomic E-state index is -0.896. The number of hydrogen-bond donors (Lipinski definition) is 2. The Morgan fingerprint density at radius 3 is 2.39 bits per heavy atom. The van der Waals surface area contributed by atoms with Gasteiger partial charge in [0.1, 0.15) is 5.54 Å². The molecule has 1 unspecified atom stereocenters. The first-order chi connectivity index (χ1) is 10.8. The Morgan fingerprint density at radius 1 is 1.30 bits per heavy atom. The molecule has 1 aromatic carbocycles. The molecule has 0 aromatic heterocycles. The molecule has 0 aliphatic carbocycles. The molecule has 1 amide bonds. The summed E-state index contributed by atoms with van der Waals surface area (Å²) < 4.78 is 4.90. The summed E-state index contributed by atoms with van der Waals surface area (Å²) in [5.41, 5.74) is 0.266. The second-order valence-corrected chi connectivity index (χ2v) is 5.67. The Kier molecular flexibility index (Phi) is 6.58. The van der Waals surface area contributed by atoms with Gasteiger partial charge in [-0.25, -0.2) is 4.79 Å². The second kappa shape index (κ2) is 8.18. The maximum atomic E-state index is 12.0. The van der Waals surface area contributed by atoms with Crippen molar-refractivity contribution in [2.24, 2.45) is 5.92 Å². The number of anilines is 1. The van der Waals surface area contributed by atoms with E-state index >= 15 is 0 Å². The van der Waals surface area contributed by atoms with Gasteiger partial charge < -0.3 is 15.4 Å². The normalized spacial score (nSPS) is 12.9. The van der Waals surface area contributed by atoms with Crippen molar-refractivity contribution in [1.29, 1.82) is 5.26 Å². The van der Waals surface area contributed by atoms with E-state index in [-0.39, 0.29) is 24.3 Å². The SMILES string of the molecule is CCOC(=O)c1ccc(NCC(=O)NC(C)(C#N)C(C)C)cc1. The smallest absolute Gasteiger partial charge is 0.338 e. The zero-order chi connectivity index (χ0) is 17.5. The number of nitrogens with one attached hydrogen (secondary N) is 2. The molecule has 0 fully saturated rings.